The molecule has 1 fully saturated rings. The lowest BCUT2D eigenvalue weighted by molar-refractivity contribution is 0.0746. The summed E-state index contributed by atoms with van der Waals surface area (Å²) in [6, 6.07) is 21.4. The van der Waals surface area contributed by atoms with Gasteiger partial charge in [0.15, 0.2) is 0 Å². The predicted molar refractivity (Wildman–Crippen MR) is 128 cm³/mol. The highest BCUT2D eigenvalue weighted by molar-refractivity contribution is 7.92. The van der Waals surface area contributed by atoms with Crippen LogP contribution in [0.5, 0.6) is 0 Å². The van der Waals surface area contributed by atoms with Gasteiger partial charge in [0.1, 0.15) is 4.90 Å². The second-order valence-electron chi connectivity index (χ2n) is 7.73. The molecule has 1 aliphatic rings. The number of carbonyl (C=O) groups is 1. The highest BCUT2D eigenvalue weighted by Crippen LogP contribution is 2.26. The Morgan fingerprint density at radius 3 is 2.22 bits per heavy atom. The molecular weight excluding hydrogens is 446 g/mol. The zero-order valence-electron chi connectivity index (χ0n) is 17.7. The van der Waals surface area contributed by atoms with Crippen molar-refractivity contribution in [2.75, 3.05) is 35.8 Å². The number of piperazine rings is 1. The first-order valence-corrected chi connectivity index (χ1v) is 12.2. The Kier molecular flexibility index (Phi) is 6.39. The maximum Gasteiger partial charge on any atom is 0.263 e. The largest absolute Gasteiger partial charge is 0.368 e. The van der Waals surface area contributed by atoms with E-state index in [-0.39, 0.29) is 15.8 Å². The van der Waals surface area contributed by atoms with Gasteiger partial charge in [-0.3, -0.25) is 9.52 Å². The number of hydrogen-bond acceptors (Lipinski definition) is 4. The standard InChI is InChI=1S/C24H24ClN3O3S/c1-18-7-10-20(11-8-18)26-32(30,31)23-17-19(9-12-22(23)25)24(29)28-15-13-27(14-16-28)21-5-3-2-4-6-21/h2-12,17,26H,13-16H2,1H3. The molecule has 0 unspecified atom stereocenters. The van der Waals surface area contributed by atoms with E-state index in [1.165, 1.54) is 12.1 Å². The van der Waals surface area contributed by atoms with Crippen LogP contribution in [0.4, 0.5) is 11.4 Å². The topological polar surface area (TPSA) is 69.7 Å². The summed E-state index contributed by atoms with van der Waals surface area (Å²) in [5, 5.41) is 0.0649. The molecule has 0 saturated carbocycles. The third-order valence-corrected chi connectivity index (χ3v) is 7.32. The second kappa shape index (κ2) is 9.22. The van der Waals surface area contributed by atoms with Gasteiger partial charge in [0, 0.05) is 43.1 Å². The number of nitrogens with zero attached hydrogens (tertiary/aromatic N) is 2. The molecule has 4 rings (SSSR count). The molecule has 0 aliphatic carbocycles. The monoisotopic (exact) mass is 469 g/mol. The molecule has 1 aliphatic heterocycles. The molecule has 0 atom stereocenters. The molecule has 3 aromatic rings. The van der Waals surface area contributed by atoms with Gasteiger partial charge in [0.25, 0.3) is 15.9 Å². The van der Waals surface area contributed by atoms with Gasteiger partial charge < -0.3 is 9.80 Å². The fourth-order valence-electron chi connectivity index (χ4n) is 3.66. The van der Waals surface area contributed by atoms with E-state index in [4.69, 9.17) is 11.6 Å². The Labute approximate surface area is 193 Å². The van der Waals surface area contributed by atoms with E-state index in [1.807, 2.05) is 37.3 Å². The van der Waals surface area contributed by atoms with Crippen LogP contribution >= 0.6 is 11.6 Å². The van der Waals surface area contributed by atoms with E-state index in [9.17, 15) is 13.2 Å². The van der Waals surface area contributed by atoms with Crippen molar-refractivity contribution in [2.45, 2.75) is 11.8 Å². The Morgan fingerprint density at radius 2 is 1.56 bits per heavy atom. The van der Waals surface area contributed by atoms with Gasteiger partial charge in [0.05, 0.1) is 5.02 Å². The van der Waals surface area contributed by atoms with Gasteiger partial charge in [-0.1, -0.05) is 47.5 Å². The van der Waals surface area contributed by atoms with Crippen LogP contribution in [0.3, 0.4) is 0 Å². The molecule has 32 heavy (non-hydrogen) atoms. The quantitative estimate of drug-likeness (QED) is 0.600. The molecule has 1 saturated heterocycles. The van der Waals surface area contributed by atoms with Crippen LogP contribution in [-0.4, -0.2) is 45.4 Å². The van der Waals surface area contributed by atoms with Crippen LogP contribution in [0.2, 0.25) is 5.02 Å². The summed E-state index contributed by atoms with van der Waals surface area (Å²) in [6.07, 6.45) is 0. The highest BCUT2D eigenvalue weighted by atomic mass is 35.5. The van der Waals surface area contributed by atoms with Crippen molar-refractivity contribution in [1.82, 2.24) is 4.90 Å². The smallest absolute Gasteiger partial charge is 0.263 e. The molecule has 0 bridgehead atoms. The first-order chi connectivity index (χ1) is 15.3. The minimum atomic E-state index is -3.95. The molecule has 3 aromatic carbocycles. The van der Waals surface area contributed by atoms with E-state index in [2.05, 4.69) is 21.8 Å². The van der Waals surface area contributed by atoms with Crippen LogP contribution in [0, 0.1) is 6.92 Å². The lowest BCUT2D eigenvalue weighted by atomic mass is 10.1. The molecule has 0 aromatic heterocycles. The van der Waals surface area contributed by atoms with Gasteiger partial charge in [-0.25, -0.2) is 8.42 Å². The number of rotatable bonds is 5. The third kappa shape index (κ3) is 4.89. The first-order valence-electron chi connectivity index (χ1n) is 10.3. The average molecular weight is 470 g/mol. The maximum atomic E-state index is 13.1. The van der Waals surface area contributed by atoms with Crippen molar-refractivity contribution in [3.63, 3.8) is 0 Å². The van der Waals surface area contributed by atoms with Crippen molar-refractivity contribution < 1.29 is 13.2 Å². The molecule has 1 N–H and O–H groups in total. The Bertz CT molecular complexity index is 1210. The number of carbonyl (C=O) groups excluding carboxylic acids is 1. The number of para-hydroxylation sites is 1. The number of halogens is 1. The number of sulfonamides is 1. The number of aryl methyl sites for hydroxylation is 1. The molecule has 8 heteroatoms. The number of nitrogens with one attached hydrogen (secondary N) is 1. The van der Waals surface area contributed by atoms with E-state index < -0.39 is 10.0 Å². The molecule has 1 heterocycles. The normalized spacial score (nSPS) is 14.3. The predicted octanol–water partition coefficient (Wildman–Crippen LogP) is 4.41. The fraction of sp³-hybridized carbons (Fsp3) is 0.208. The molecule has 6 nitrogen and oxygen atoms in total. The maximum absolute atomic E-state index is 13.1. The lowest BCUT2D eigenvalue weighted by Crippen LogP contribution is -2.48. The Morgan fingerprint density at radius 1 is 0.906 bits per heavy atom. The van der Waals surface area contributed by atoms with Gasteiger partial charge in [-0.05, 0) is 49.4 Å². The highest BCUT2D eigenvalue weighted by Gasteiger charge is 2.25. The van der Waals surface area contributed by atoms with Gasteiger partial charge in [-0.2, -0.15) is 0 Å². The number of anilines is 2. The average Bonchev–Trinajstić information content (AvgIpc) is 2.81. The summed E-state index contributed by atoms with van der Waals surface area (Å²) in [4.78, 5) is 16.9. The third-order valence-electron chi connectivity index (χ3n) is 5.46. The summed E-state index contributed by atoms with van der Waals surface area (Å²) in [7, 11) is -3.95. The van der Waals surface area contributed by atoms with Gasteiger partial charge >= 0.3 is 0 Å². The van der Waals surface area contributed by atoms with Crippen molar-refractivity contribution in [2.24, 2.45) is 0 Å². The van der Waals surface area contributed by atoms with Crippen LogP contribution in [0.1, 0.15) is 15.9 Å². The first kappa shape index (κ1) is 22.2. The molecule has 0 spiro atoms. The Balaban J connectivity index is 1.49. The molecule has 0 radical (unpaired) electrons. The van der Waals surface area contributed by atoms with Crippen LogP contribution in [0.15, 0.2) is 77.7 Å². The SMILES string of the molecule is Cc1ccc(NS(=O)(=O)c2cc(C(=O)N3CCN(c4ccccc4)CC3)ccc2Cl)cc1. The van der Waals surface area contributed by atoms with Crippen molar-refractivity contribution in [1.29, 1.82) is 0 Å². The molecule has 166 valence electrons. The van der Waals surface area contributed by atoms with E-state index in [0.717, 1.165) is 11.3 Å². The summed E-state index contributed by atoms with van der Waals surface area (Å²) in [5.74, 6) is -0.207. The van der Waals surface area contributed by atoms with E-state index in [1.54, 1.807) is 23.1 Å². The Hall–Kier alpha value is -3.03. The lowest BCUT2D eigenvalue weighted by Gasteiger charge is -2.36. The van der Waals surface area contributed by atoms with Crippen molar-refractivity contribution >= 4 is 38.9 Å². The zero-order chi connectivity index (χ0) is 22.7. The number of amides is 1. The van der Waals surface area contributed by atoms with Crippen LogP contribution < -0.4 is 9.62 Å². The van der Waals surface area contributed by atoms with Crippen LogP contribution in [0.25, 0.3) is 0 Å². The number of hydrogen-bond donors (Lipinski definition) is 1. The van der Waals surface area contributed by atoms with Crippen molar-refractivity contribution in [3.8, 4) is 0 Å². The molecule has 1 amide bonds. The summed E-state index contributed by atoms with van der Waals surface area (Å²) >= 11 is 6.20. The van der Waals surface area contributed by atoms with Crippen molar-refractivity contribution in [3.05, 3.63) is 88.9 Å². The minimum absolute atomic E-state index is 0.0649. The zero-order valence-corrected chi connectivity index (χ0v) is 19.2. The minimum Gasteiger partial charge on any atom is -0.368 e. The fourth-order valence-corrected chi connectivity index (χ4v) is 5.25. The van der Waals surface area contributed by atoms with Gasteiger partial charge in [-0.15, -0.1) is 0 Å². The molecular formula is C24H24ClN3O3S. The van der Waals surface area contributed by atoms with E-state index >= 15 is 0 Å². The summed E-state index contributed by atoms with van der Waals surface area (Å²) in [5.41, 5.74) is 2.87. The number of benzene rings is 3. The van der Waals surface area contributed by atoms with Crippen LogP contribution in [-0.2, 0) is 10.0 Å². The second-order valence-corrected chi connectivity index (χ2v) is 9.79. The summed E-state index contributed by atoms with van der Waals surface area (Å²) in [6.45, 7) is 4.46. The summed E-state index contributed by atoms with van der Waals surface area (Å²) < 4.78 is 28.4. The van der Waals surface area contributed by atoms with Gasteiger partial charge in [0.2, 0.25) is 0 Å². The van der Waals surface area contributed by atoms with E-state index in [0.29, 0.717) is 37.4 Å².